The second-order valence-corrected chi connectivity index (χ2v) is 8.67. The first-order chi connectivity index (χ1) is 17.3. The zero-order valence-electron chi connectivity index (χ0n) is 19.6. The van der Waals surface area contributed by atoms with Gasteiger partial charge in [0.05, 0.1) is 17.9 Å². The summed E-state index contributed by atoms with van der Waals surface area (Å²) in [6.07, 6.45) is -5.34. The molecule has 14 heteroatoms. The van der Waals surface area contributed by atoms with E-state index in [1.807, 2.05) is 0 Å². The van der Waals surface area contributed by atoms with E-state index >= 15 is 0 Å². The molecule has 0 saturated heterocycles. The van der Waals surface area contributed by atoms with Gasteiger partial charge >= 0.3 is 6.18 Å². The molecule has 3 aromatic rings. The predicted octanol–water partition coefficient (Wildman–Crippen LogP) is 3.81. The van der Waals surface area contributed by atoms with Crippen molar-refractivity contribution in [3.63, 3.8) is 0 Å². The number of alkyl halides is 3. The van der Waals surface area contributed by atoms with Crippen molar-refractivity contribution < 1.29 is 35.9 Å². The largest absolute Gasteiger partial charge is 0.449 e. The van der Waals surface area contributed by atoms with Gasteiger partial charge in [-0.05, 0) is 30.2 Å². The van der Waals surface area contributed by atoms with Gasteiger partial charge in [-0.2, -0.15) is 13.2 Å². The first kappa shape index (κ1) is 29.0. The fraction of sp³-hybridized carbons (Fsp3) is 0.292. The Morgan fingerprint density at radius 2 is 1.71 bits per heavy atom. The Kier molecular flexibility index (Phi) is 8.42. The molecule has 4 N–H and O–H groups in total. The van der Waals surface area contributed by atoms with Gasteiger partial charge in [-0.15, -0.1) is 12.4 Å². The van der Waals surface area contributed by atoms with Crippen LogP contribution in [0.3, 0.4) is 0 Å². The minimum Gasteiger partial charge on any atom is -0.366 e. The Hall–Kier alpha value is -3.58. The van der Waals surface area contributed by atoms with Gasteiger partial charge in [-0.3, -0.25) is 9.59 Å². The number of rotatable bonds is 6. The number of hydrogen-bond acceptors (Lipinski definition) is 4. The Labute approximate surface area is 218 Å². The summed E-state index contributed by atoms with van der Waals surface area (Å²) < 4.78 is 82.6. The molecular weight excluding hydrogens is 540 g/mol. The van der Waals surface area contributed by atoms with E-state index in [1.54, 1.807) is 0 Å². The molecule has 0 spiro atoms. The fourth-order valence-corrected chi connectivity index (χ4v) is 4.28. The summed E-state index contributed by atoms with van der Waals surface area (Å²) in [6.45, 7) is -0.506. The standard InChI is InChI=1S/C24H21F6N5O2.ClH/c25-16-10-18(27)17(26)8-14(16)7-15(31)9-20(36)34-4-5-35-19(11-34)21(33-23(35)24(28,29)30)12-2-1-3-13(6-12)22(32)37;/h1-3,6,8,10,15H,4-5,7,9,11,31H2,(H2,32,37);1H/t15-;/m1./s1. The molecule has 0 unspecified atom stereocenters. The Bertz CT molecular complexity index is 1380. The fourth-order valence-electron chi connectivity index (χ4n) is 4.28. The van der Waals surface area contributed by atoms with Crippen LogP contribution in [-0.2, 0) is 30.5 Å². The topological polar surface area (TPSA) is 107 Å². The number of nitrogens with zero attached hydrogens (tertiary/aromatic N) is 3. The number of halogens is 7. The van der Waals surface area contributed by atoms with Gasteiger partial charge in [0.25, 0.3) is 0 Å². The highest BCUT2D eigenvalue weighted by Crippen LogP contribution is 2.36. The van der Waals surface area contributed by atoms with Crippen molar-refractivity contribution >= 4 is 24.2 Å². The molecule has 4 rings (SSSR count). The van der Waals surface area contributed by atoms with Crippen molar-refractivity contribution in [3.8, 4) is 11.3 Å². The van der Waals surface area contributed by atoms with Crippen LogP contribution in [0, 0.1) is 17.5 Å². The normalized spacial score (nSPS) is 14.0. The number of hydrogen-bond donors (Lipinski definition) is 2. The summed E-state index contributed by atoms with van der Waals surface area (Å²) in [7, 11) is 0. The van der Waals surface area contributed by atoms with Crippen LogP contribution in [0.2, 0.25) is 0 Å². The molecule has 0 aliphatic carbocycles. The molecule has 1 aliphatic heterocycles. The Balaban J connectivity index is 0.00000400. The highest BCUT2D eigenvalue weighted by Gasteiger charge is 2.41. The molecule has 0 radical (unpaired) electrons. The third-order valence-electron chi connectivity index (χ3n) is 6.04. The molecule has 2 heterocycles. The molecule has 2 amide bonds. The van der Waals surface area contributed by atoms with Crippen LogP contribution in [-0.4, -0.2) is 38.9 Å². The van der Waals surface area contributed by atoms with Crippen molar-refractivity contribution in [1.82, 2.24) is 14.5 Å². The number of benzene rings is 2. The maximum Gasteiger partial charge on any atom is 0.449 e. The van der Waals surface area contributed by atoms with E-state index in [-0.39, 0.29) is 73.0 Å². The summed E-state index contributed by atoms with van der Waals surface area (Å²) >= 11 is 0. The quantitative estimate of drug-likeness (QED) is 0.352. The molecule has 1 atom stereocenters. The molecule has 2 aromatic carbocycles. The zero-order valence-corrected chi connectivity index (χ0v) is 20.4. The van der Waals surface area contributed by atoms with E-state index in [2.05, 4.69) is 4.98 Å². The lowest BCUT2D eigenvalue weighted by Gasteiger charge is -2.30. The van der Waals surface area contributed by atoms with Gasteiger partial charge in [-0.25, -0.2) is 18.2 Å². The van der Waals surface area contributed by atoms with E-state index in [0.717, 1.165) is 4.57 Å². The zero-order chi connectivity index (χ0) is 27.1. The summed E-state index contributed by atoms with van der Waals surface area (Å²) in [6, 6.07) is 5.75. The maximum atomic E-state index is 13.9. The first-order valence-corrected chi connectivity index (χ1v) is 11.1. The van der Waals surface area contributed by atoms with Crippen LogP contribution in [0.1, 0.15) is 33.9 Å². The smallest absolute Gasteiger partial charge is 0.366 e. The molecule has 204 valence electrons. The molecule has 1 aromatic heterocycles. The van der Waals surface area contributed by atoms with Crippen molar-refractivity contribution in [3.05, 3.63) is 76.5 Å². The lowest BCUT2D eigenvalue weighted by molar-refractivity contribution is -0.148. The van der Waals surface area contributed by atoms with Crippen LogP contribution in [0.15, 0.2) is 36.4 Å². The monoisotopic (exact) mass is 561 g/mol. The Morgan fingerprint density at radius 3 is 2.37 bits per heavy atom. The Morgan fingerprint density at radius 1 is 1.03 bits per heavy atom. The summed E-state index contributed by atoms with van der Waals surface area (Å²) in [5.74, 6) is -6.05. The third-order valence-corrected chi connectivity index (χ3v) is 6.04. The average Bonchev–Trinajstić information content (AvgIpc) is 3.22. The number of carbonyl (C=O) groups excluding carboxylic acids is 2. The van der Waals surface area contributed by atoms with Gasteiger partial charge in [0, 0.05) is 42.7 Å². The number of fused-ring (bicyclic) bond motifs is 1. The molecule has 7 nitrogen and oxygen atoms in total. The van der Waals surface area contributed by atoms with Crippen LogP contribution in [0.25, 0.3) is 11.3 Å². The minimum absolute atomic E-state index is 0. The number of imidazole rings is 1. The van der Waals surface area contributed by atoms with Gasteiger partial charge in [0.15, 0.2) is 11.6 Å². The number of amides is 2. The van der Waals surface area contributed by atoms with Gasteiger partial charge < -0.3 is 20.9 Å². The predicted molar refractivity (Wildman–Crippen MR) is 126 cm³/mol. The third kappa shape index (κ3) is 5.94. The number of primary amides is 1. The SMILES string of the molecule is Cl.NC(=O)c1cccc(-c2nc(C(F)(F)F)n3c2CN(C(=O)C[C@H](N)Cc2cc(F)c(F)cc2F)CC3)c1. The number of aromatic nitrogens is 2. The van der Waals surface area contributed by atoms with E-state index in [9.17, 15) is 35.9 Å². The lowest BCUT2D eigenvalue weighted by atomic mass is 10.0. The first-order valence-electron chi connectivity index (χ1n) is 11.1. The summed E-state index contributed by atoms with van der Waals surface area (Å²) in [5, 5.41) is 0. The van der Waals surface area contributed by atoms with Gasteiger partial charge in [0.1, 0.15) is 5.82 Å². The van der Waals surface area contributed by atoms with Crippen LogP contribution in [0.5, 0.6) is 0 Å². The second-order valence-electron chi connectivity index (χ2n) is 8.67. The highest BCUT2D eigenvalue weighted by molar-refractivity contribution is 5.94. The van der Waals surface area contributed by atoms with Crippen LogP contribution >= 0.6 is 12.4 Å². The molecule has 0 bridgehead atoms. The summed E-state index contributed by atoms with van der Waals surface area (Å²) in [5.41, 5.74) is 11.4. The van der Waals surface area contributed by atoms with Crippen LogP contribution in [0.4, 0.5) is 26.3 Å². The lowest BCUT2D eigenvalue weighted by Crippen LogP contribution is -2.42. The van der Waals surface area contributed by atoms with Crippen molar-refractivity contribution in [2.75, 3.05) is 6.54 Å². The average molecular weight is 562 g/mol. The van der Waals surface area contributed by atoms with E-state index < -0.39 is 47.3 Å². The van der Waals surface area contributed by atoms with E-state index in [0.29, 0.717) is 12.1 Å². The highest BCUT2D eigenvalue weighted by atomic mass is 35.5. The maximum absolute atomic E-state index is 13.9. The van der Waals surface area contributed by atoms with E-state index in [4.69, 9.17) is 11.5 Å². The van der Waals surface area contributed by atoms with Gasteiger partial charge in [-0.1, -0.05) is 12.1 Å². The summed E-state index contributed by atoms with van der Waals surface area (Å²) in [4.78, 5) is 29.5. The van der Waals surface area contributed by atoms with Crippen molar-refractivity contribution in [1.29, 1.82) is 0 Å². The van der Waals surface area contributed by atoms with Crippen LogP contribution < -0.4 is 11.5 Å². The molecule has 0 saturated carbocycles. The van der Waals surface area contributed by atoms with Crippen molar-refractivity contribution in [2.24, 2.45) is 11.5 Å². The molecular formula is C24H22ClF6N5O2. The second kappa shape index (κ2) is 11.0. The molecule has 0 fully saturated rings. The van der Waals surface area contributed by atoms with E-state index in [1.165, 1.54) is 29.2 Å². The van der Waals surface area contributed by atoms with Gasteiger partial charge in [0.2, 0.25) is 17.6 Å². The number of nitrogens with two attached hydrogens (primary N) is 2. The minimum atomic E-state index is -4.77. The molecule has 38 heavy (non-hydrogen) atoms. The number of carbonyl (C=O) groups is 2. The van der Waals surface area contributed by atoms with Crippen molar-refractivity contribution in [2.45, 2.75) is 38.1 Å². The molecule has 1 aliphatic rings.